The quantitative estimate of drug-likeness (QED) is 0.822. The summed E-state index contributed by atoms with van der Waals surface area (Å²) in [5, 5.41) is 9.88. The van der Waals surface area contributed by atoms with Gasteiger partial charge in [0.15, 0.2) is 0 Å². The maximum atomic E-state index is 12.3. The molecular weight excluding hydrogens is 264 g/mol. The van der Waals surface area contributed by atoms with Gasteiger partial charge in [-0.3, -0.25) is 0 Å². The molecule has 2 saturated carbocycles. The van der Waals surface area contributed by atoms with Crippen LogP contribution in [-0.4, -0.2) is 43.1 Å². The van der Waals surface area contributed by atoms with Gasteiger partial charge in [-0.1, -0.05) is 32.1 Å². The van der Waals surface area contributed by atoms with Gasteiger partial charge >= 0.3 is 0 Å². The fourth-order valence-electron chi connectivity index (χ4n) is 3.16. The van der Waals surface area contributed by atoms with Gasteiger partial charge in [0, 0.05) is 19.1 Å². The Morgan fingerprint density at radius 2 is 1.58 bits per heavy atom. The van der Waals surface area contributed by atoms with Crippen LogP contribution in [0.15, 0.2) is 0 Å². The maximum Gasteiger partial charge on any atom is 0.279 e. The van der Waals surface area contributed by atoms with E-state index in [1.807, 2.05) is 0 Å². The Hall–Kier alpha value is -0.170. The Labute approximate surface area is 116 Å². The topological polar surface area (TPSA) is 69.6 Å². The summed E-state index contributed by atoms with van der Waals surface area (Å²) < 4.78 is 28.9. The molecule has 5 nitrogen and oxygen atoms in total. The molecule has 0 aromatic carbocycles. The first kappa shape index (κ1) is 15.2. The molecule has 0 bridgehead atoms. The van der Waals surface area contributed by atoms with Gasteiger partial charge < -0.3 is 5.11 Å². The molecule has 2 N–H and O–H groups in total. The van der Waals surface area contributed by atoms with Crippen LogP contribution < -0.4 is 4.72 Å². The molecule has 0 amide bonds. The highest BCUT2D eigenvalue weighted by molar-refractivity contribution is 7.87. The minimum Gasteiger partial charge on any atom is -0.391 e. The van der Waals surface area contributed by atoms with Crippen molar-refractivity contribution in [1.29, 1.82) is 0 Å². The number of hydrogen-bond donors (Lipinski definition) is 2. The number of aliphatic hydroxyl groups is 1. The smallest absolute Gasteiger partial charge is 0.279 e. The second-order valence-corrected chi connectivity index (χ2v) is 7.65. The predicted molar refractivity (Wildman–Crippen MR) is 75.0 cm³/mol. The number of hydrogen-bond acceptors (Lipinski definition) is 3. The molecule has 0 aromatic heterocycles. The van der Waals surface area contributed by atoms with E-state index < -0.39 is 16.3 Å². The normalized spacial score (nSPS) is 30.7. The van der Waals surface area contributed by atoms with E-state index in [0.29, 0.717) is 6.42 Å². The average Bonchev–Trinajstić information content (AvgIpc) is 2.41. The lowest BCUT2D eigenvalue weighted by atomic mass is 9.93. The standard InChI is InChI=1S/C13H26N2O3S/c1-15(11-7-3-2-4-8-11)19(17,18)14-12-9-5-6-10-13(12)16/h11-14,16H,2-10H2,1H3/t12-,13-/m0/s1. The van der Waals surface area contributed by atoms with Crippen LogP contribution in [0.2, 0.25) is 0 Å². The van der Waals surface area contributed by atoms with Crippen LogP contribution in [-0.2, 0) is 10.2 Å². The van der Waals surface area contributed by atoms with Crippen molar-refractivity contribution in [2.24, 2.45) is 0 Å². The third-order valence-electron chi connectivity index (χ3n) is 4.50. The van der Waals surface area contributed by atoms with E-state index in [1.165, 1.54) is 10.7 Å². The Morgan fingerprint density at radius 1 is 1.00 bits per heavy atom. The highest BCUT2D eigenvalue weighted by Crippen LogP contribution is 2.24. The summed E-state index contributed by atoms with van der Waals surface area (Å²) in [4.78, 5) is 0. The van der Waals surface area contributed by atoms with Gasteiger partial charge in [0.25, 0.3) is 10.2 Å². The van der Waals surface area contributed by atoms with Crippen molar-refractivity contribution in [2.45, 2.75) is 76.0 Å². The molecule has 0 spiro atoms. The molecule has 2 rings (SSSR count). The monoisotopic (exact) mass is 290 g/mol. The lowest BCUT2D eigenvalue weighted by Crippen LogP contribution is -2.52. The summed E-state index contributed by atoms with van der Waals surface area (Å²) in [6.45, 7) is 0. The highest BCUT2D eigenvalue weighted by Gasteiger charge is 2.32. The van der Waals surface area contributed by atoms with Gasteiger partial charge in [0.1, 0.15) is 0 Å². The van der Waals surface area contributed by atoms with Crippen LogP contribution in [0.1, 0.15) is 57.8 Å². The van der Waals surface area contributed by atoms with Gasteiger partial charge in [-0.05, 0) is 25.7 Å². The van der Waals surface area contributed by atoms with Gasteiger partial charge in [0.2, 0.25) is 0 Å². The van der Waals surface area contributed by atoms with Crippen LogP contribution in [0, 0.1) is 0 Å². The molecule has 6 heteroatoms. The molecular formula is C13H26N2O3S. The molecule has 2 fully saturated rings. The third-order valence-corrected chi connectivity index (χ3v) is 6.15. The summed E-state index contributed by atoms with van der Waals surface area (Å²) >= 11 is 0. The van der Waals surface area contributed by atoms with Crippen LogP contribution in [0.25, 0.3) is 0 Å². The largest absolute Gasteiger partial charge is 0.391 e. The lowest BCUT2D eigenvalue weighted by Gasteiger charge is -2.34. The summed E-state index contributed by atoms with van der Waals surface area (Å²) in [6.07, 6.45) is 8.18. The Bertz CT molecular complexity index is 379. The molecule has 19 heavy (non-hydrogen) atoms. The number of aliphatic hydroxyl groups excluding tert-OH is 1. The van der Waals surface area contributed by atoms with Crippen molar-refractivity contribution in [1.82, 2.24) is 9.03 Å². The molecule has 0 radical (unpaired) electrons. The average molecular weight is 290 g/mol. The number of nitrogens with zero attached hydrogens (tertiary/aromatic N) is 1. The first-order valence-corrected chi connectivity index (χ1v) is 8.88. The van der Waals surface area contributed by atoms with Crippen molar-refractivity contribution < 1.29 is 13.5 Å². The second kappa shape index (κ2) is 6.52. The number of nitrogens with one attached hydrogen (secondary N) is 1. The van der Waals surface area contributed by atoms with Crippen molar-refractivity contribution >= 4 is 10.2 Å². The number of rotatable bonds is 4. The van der Waals surface area contributed by atoms with Crippen LogP contribution >= 0.6 is 0 Å². The third kappa shape index (κ3) is 3.90. The SMILES string of the molecule is CN(C1CCCCC1)S(=O)(=O)N[C@H]1CCCC[C@@H]1O. The van der Waals surface area contributed by atoms with Gasteiger partial charge in [-0.25, -0.2) is 0 Å². The van der Waals surface area contributed by atoms with E-state index >= 15 is 0 Å². The van der Waals surface area contributed by atoms with E-state index in [9.17, 15) is 13.5 Å². The molecule has 2 aliphatic carbocycles. The van der Waals surface area contributed by atoms with Gasteiger partial charge in [0.05, 0.1) is 6.10 Å². The molecule has 2 aliphatic rings. The fourth-order valence-corrected chi connectivity index (χ4v) is 4.59. The minimum atomic E-state index is -3.47. The van der Waals surface area contributed by atoms with Gasteiger partial charge in [-0.2, -0.15) is 17.4 Å². The van der Waals surface area contributed by atoms with Crippen LogP contribution in [0.4, 0.5) is 0 Å². The molecule has 0 heterocycles. The zero-order chi connectivity index (χ0) is 13.9. The van der Waals surface area contributed by atoms with Crippen LogP contribution in [0.5, 0.6) is 0 Å². The zero-order valence-electron chi connectivity index (χ0n) is 11.7. The fraction of sp³-hybridized carbons (Fsp3) is 1.00. The van der Waals surface area contributed by atoms with E-state index in [-0.39, 0.29) is 12.1 Å². The van der Waals surface area contributed by atoms with E-state index in [2.05, 4.69) is 4.72 Å². The van der Waals surface area contributed by atoms with E-state index in [0.717, 1.165) is 44.9 Å². The molecule has 0 aliphatic heterocycles. The molecule has 0 unspecified atom stereocenters. The summed E-state index contributed by atoms with van der Waals surface area (Å²) in [7, 11) is -1.81. The van der Waals surface area contributed by atoms with E-state index in [4.69, 9.17) is 0 Å². The Balaban J connectivity index is 1.96. The second-order valence-electron chi connectivity index (χ2n) is 5.89. The minimum absolute atomic E-state index is 0.118. The Kier molecular flexibility index (Phi) is 5.22. The van der Waals surface area contributed by atoms with Crippen molar-refractivity contribution in [3.05, 3.63) is 0 Å². The van der Waals surface area contributed by atoms with Crippen molar-refractivity contribution in [3.63, 3.8) is 0 Å². The molecule has 2 atom stereocenters. The first-order valence-electron chi connectivity index (χ1n) is 7.44. The summed E-state index contributed by atoms with van der Waals surface area (Å²) in [5.41, 5.74) is 0. The maximum absolute atomic E-state index is 12.3. The van der Waals surface area contributed by atoms with Crippen molar-refractivity contribution in [2.75, 3.05) is 7.05 Å². The van der Waals surface area contributed by atoms with Crippen molar-refractivity contribution in [3.8, 4) is 0 Å². The lowest BCUT2D eigenvalue weighted by molar-refractivity contribution is 0.0999. The van der Waals surface area contributed by atoms with Gasteiger partial charge in [-0.15, -0.1) is 0 Å². The molecule has 0 aromatic rings. The van der Waals surface area contributed by atoms with E-state index in [1.54, 1.807) is 7.05 Å². The highest BCUT2D eigenvalue weighted by atomic mass is 32.2. The summed E-state index contributed by atoms with van der Waals surface area (Å²) in [5.74, 6) is 0. The Morgan fingerprint density at radius 3 is 2.21 bits per heavy atom. The molecule has 112 valence electrons. The zero-order valence-corrected chi connectivity index (χ0v) is 12.5. The molecule has 0 saturated heterocycles. The first-order chi connectivity index (χ1) is 9.00. The predicted octanol–water partition coefficient (Wildman–Crippen LogP) is 1.39. The summed E-state index contributed by atoms with van der Waals surface area (Å²) in [6, 6.07) is -0.197. The van der Waals surface area contributed by atoms with Crippen LogP contribution in [0.3, 0.4) is 0 Å².